The molecule has 0 heterocycles. The molecule has 0 fully saturated rings. The predicted octanol–water partition coefficient (Wildman–Crippen LogP) is 1.82. The topological polar surface area (TPSA) is 26.3 Å². The Kier molecular flexibility index (Phi) is 6.38. The van der Waals surface area contributed by atoms with Crippen molar-refractivity contribution < 1.29 is 9.53 Å². The number of ether oxygens (including phenoxy) is 1. The van der Waals surface area contributed by atoms with Crippen LogP contribution < -0.4 is 0 Å². The van der Waals surface area contributed by atoms with Crippen molar-refractivity contribution >= 4 is 17.7 Å². The first-order valence-electron chi connectivity index (χ1n) is 3.26. The first kappa shape index (κ1) is 9.56. The highest BCUT2D eigenvalue weighted by Gasteiger charge is 1.90. The molecule has 0 aromatic rings. The van der Waals surface area contributed by atoms with Crippen LogP contribution >= 0.6 is 11.8 Å². The summed E-state index contributed by atoms with van der Waals surface area (Å²) in [4.78, 5) is 10.6. The molecule has 0 radical (unpaired) electrons. The number of rotatable bonds is 4. The highest BCUT2D eigenvalue weighted by molar-refractivity contribution is 8.02. The second-order valence-electron chi connectivity index (χ2n) is 1.51. The highest BCUT2D eigenvalue weighted by Crippen LogP contribution is 1.99. The Labute approximate surface area is 65.6 Å². The molecule has 0 atom stereocenters. The molecule has 10 heavy (non-hydrogen) atoms. The molecule has 0 unspecified atom stereocenters. The molecule has 0 aromatic carbocycles. The van der Waals surface area contributed by atoms with E-state index in [0.29, 0.717) is 6.61 Å². The summed E-state index contributed by atoms with van der Waals surface area (Å²) in [6.07, 6.45) is 1.44. The average molecular weight is 160 g/mol. The maximum Gasteiger partial charge on any atom is 0.331 e. The lowest BCUT2D eigenvalue weighted by Gasteiger charge is -1.92. The number of esters is 1. The SMILES string of the molecule is CCOC(=O)C=CSCC. The molecule has 0 aliphatic heterocycles. The van der Waals surface area contributed by atoms with Crippen molar-refractivity contribution in [2.24, 2.45) is 0 Å². The Balaban J connectivity index is 3.36. The molecule has 0 aromatic heterocycles. The molecule has 0 spiro atoms. The zero-order valence-corrected chi connectivity index (χ0v) is 7.11. The number of hydrogen-bond acceptors (Lipinski definition) is 3. The van der Waals surface area contributed by atoms with Crippen molar-refractivity contribution in [1.29, 1.82) is 0 Å². The average Bonchev–Trinajstić information content (AvgIpc) is 1.89. The van der Waals surface area contributed by atoms with Gasteiger partial charge in [0.05, 0.1) is 6.61 Å². The molecule has 58 valence electrons. The molecule has 0 aliphatic carbocycles. The maximum atomic E-state index is 10.6. The number of thioether (sulfide) groups is 1. The van der Waals surface area contributed by atoms with Gasteiger partial charge in [-0.1, -0.05) is 6.92 Å². The summed E-state index contributed by atoms with van der Waals surface area (Å²) in [6.45, 7) is 4.26. The minimum Gasteiger partial charge on any atom is -0.463 e. The molecule has 0 rings (SSSR count). The second-order valence-corrected chi connectivity index (χ2v) is 2.69. The van der Waals surface area contributed by atoms with Gasteiger partial charge in [-0.15, -0.1) is 11.8 Å². The number of hydrogen-bond donors (Lipinski definition) is 0. The van der Waals surface area contributed by atoms with Gasteiger partial charge in [-0.25, -0.2) is 4.79 Å². The summed E-state index contributed by atoms with van der Waals surface area (Å²) in [5.74, 6) is 0.721. The van der Waals surface area contributed by atoms with Crippen molar-refractivity contribution in [3.05, 3.63) is 11.5 Å². The van der Waals surface area contributed by atoms with E-state index in [1.807, 2.05) is 6.92 Å². The Hall–Kier alpha value is -0.440. The van der Waals surface area contributed by atoms with Crippen LogP contribution in [0.25, 0.3) is 0 Å². The zero-order chi connectivity index (χ0) is 7.82. The lowest BCUT2D eigenvalue weighted by atomic mass is 10.6. The van der Waals surface area contributed by atoms with Gasteiger partial charge in [-0.2, -0.15) is 0 Å². The molecular formula is C7H12O2S. The van der Waals surface area contributed by atoms with E-state index < -0.39 is 0 Å². The van der Waals surface area contributed by atoms with Crippen molar-refractivity contribution in [1.82, 2.24) is 0 Å². The Morgan fingerprint density at radius 3 is 2.80 bits per heavy atom. The van der Waals surface area contributed by atoms with Crippen LogP contribution in [0.3, 0.4) is 0 Å². The number of carbonyl (C=O) groups is 1. The van der Waals surface area contributed by atoms with E-state index in [4.69, 9.17) is 0 Å². The van der Waals surface area contributed by atoms with Crippen LogP contribution in [0.15, 0.2) is 11.5 Å². The molecule has 0 aliphatic rings. The van der Waals surface area contributed by atoms with Gasteiger partial charge in [-0.05, 0) is 18.1 Å². The predicted molar refractivity (Wildman–Crippen MR) is 43.9 cm³/mol. The van der Waals surface area contributed by atoms with Gasteiger partial charge >= 0.3 is 5.97 Å². The van der Waals surface area contributed by atoms with Crippen LogP contribution in [0.2, 0.25) is 0 Å². The van der Waals surface area contributed by atoms with Gasteiger partial charge in [0, 0.05) is 6.08 Å². The van der Waals surface area contributed by atoms with Crippen molar-refractivity contribution in [2.45, 2.75) is 13.8 Å². The minimum absolute atomic E-state index is 0.261. The monoisotopic (exact) mass is 160 g/mol. The Bertz CT molecular complexity index is 121. The van der Waals surface area contributed by atoms with Gasteiger partial charge in [0.1, 0.15) is 0 Å². The van der Waals surface area contributed by atoms with Gasteiger partial charge in [0.2, 0.25) is 0 Å². The van der Waals surface area contributed by atoms with E-state index in [9.17, 15) is 4.79 Å². The normalized spacial score (nSPS) is 10.2. The summed E-state index contributed by atoms with van der Waals surface area (Å²) in [5, 5.41) is 1.75. The minimum atomic E-state index is -0.261. The first-order chi connectivity index (χ1) is 4.81. The van der Waals surface area contributed by atoms with Crippen LogP contribution in [0.5, 0.6) is 0 Å². The summed E-state index contributed by atoms with van der Waals surface area (Å²) >= 11 is 1.58. The standard InChI is InChI=1S/C7H12O2S/c1-3-9-7(8)5-6-10-4-2/h5-6H,3-4H2,1-2H3. The molecule has 0 bridgehead atoms. The quantitative estimate of drug-likeness (QED) is 0.463. The molecule has 0 saturated carbocycles. The summed E-state index contributed by atoms with van der Waals surface area (Å²) in [7, 11) is 0. The Morgan fingerprint density at radius 2 is 2.30 bits per heavy atom. The van der Waals surface area contributed by atoms with Crippen LogP contribution in [-0.2, 0) is 9.53 Å². The second kappa shape index (κ2) is 6.68. The van der Waals surface area contributed by atoms with Gasteiger partial charge in [-0.3, -0.25) is 0 Å². The largest absolute Gasteiger partial charge is 0.463 e. The maximum absolute atomic E-state index is 10.6. The van der Waals surface area contributed by atoms with E-state index in [1.54, 1.807) is 24.1 Å². The molecule has 0 amide bonds. The lowest BCUT2D eigenvalue weighted by molar-refractivity contribution is -0.137. The third kappa shape index (κ3) is 5.69. The summed E-state index contributed by atoms with van der Waals surface area (Å²) < 4.78 is 4.65. The fourth-order valence-electron chi connectivity index (χ4n) is 0.390. The molecule has 0 N–H and O–H groups in total. The van der Waals surface area contributed by atoms with Crippen molar-refractivity contribution in [2.75, 3.05) is 12.4 Å². The van der Waals surface area contributed by atoms with E-state index in [-0.39, 0.29) is 5.97 Å². The fraction of sp³-hybridized carbons (Fsp3) is 0.571. The first-order valence-corrected chi connectivity index (χ1v) is 4.31. The van der Waals surface area contributed by atoms with E-state index >= 15 is 0 Å². The van der Waals surface area contributed by atoms with E-state index in [1.165, 1.54) is 6.08 Å². The van der Waals surface area contributed by atoms with Gasteiger partial charge < -0.3 is 4.74 Å². The fourth-order valence-corrected chi connectivity index (χ4v) is 0.790. The highest BCUT2D eigenvalue weighted by atomic mass is 32.2. The Morgan fingerprint density at radius 1 is 1.60 bits per heavy atom. The van der Waals surface area contributed by atoms with Crippen LogP contribution in [0, 0.1) is 0 Å². The van der Waals surface area contributed by atoms with Crippen molar-refractivity contribution in [3.8, 4) is 0 Å². The molecular weight excluding hydrogens is 148 g/mol. The third-order valence-corrected chi connectivity index (χ3v) is 1.42. The third-order valence-electron chi connectivity index (χ3n) is 0.754. The summed E-state index contributed by atoms with van der Waals surface area (Å²) in [5.41, 5.74) is 0. The van der Waals surface area contributed by atoms with Gasteiger partial charge in [0.25, 0.3) is 0 Å². The molecule has 3 heteroatoms. The molecule has 2 nitrogen and oxygen atoms in total. The smallest absolute Gasteiger partial charge is 0.331 e. The van der Waals surface area contributed by atoms with Crippen molar-refractivity contribution in [3.63, 3.8) is 0 Å². The zero-order valence-electron chi connectivity index (χ0n) is 6.29. The number of carbonyl (C=O) groups excluding carboxylic acids is 1. The summed E-state index contributed by atoms with van der Waals surface area (Å²) in [6, 6.07) is 0. The lowest BCUT2D eigenvalue weighted by Crippen LogP contribution is -1.98. The van der Waals surface area contributed by atoms with Gasteiger partial charge in [0.15, 0.2) is 0 Å². The van der Waals surface area contributed by atoms with Crippen LogP contribution in [0.4, 0.5) is 0 Å². The van der Waals surface area contributed by atoms with E-state index in [2.05, 4.69) is 4.74 Å². The van der Waals surface area contributed by atoms with Crippen LogP contribution in [0.1, 0.15) is 13.8 Å². The van der Waals surface area contributed by atoms with Crippen LogP contribution in [-0.4, -0.2) is 18.3 Å². The molecule has 0 saturated heterocycles. The van der Waals surface area contributed by atoms with E-state index in [0.717, 1.165) is 5.75 Å².